The number of hydrogen-bond donors (Lipinski definition) is 3. The van der Waals surface area contributed by atoms with E-state index in [4.69, 9.17) is 14.7 Å². The summed E-state index contributed by atoms with van der Waals surface area (Å²) >= 11 is 0. The van der Waals surface area contributed by atoms with Gasteiger partial charge in [0.1, 0.15) is 22.9 Å². The summed E-state index contributed by atoms with van der Waals surface area (Å²) in [5.41, 5.74) is -1.06. The van der Waals surface area contributed by atoms with Gasteiger partial charge in [0.25, 0.3) is 5.91 Å². The van der Waals surface area contributed by atoms with Crippen molar-refractivity contribution in [3.8, 4) is 5.75 Å². The molecule has 0 bridgehead atoms. The van der Waals surface area contributed by atoms with E-state index in [9.17, 15) is 22.7 Å². The first-order chi connectivity index (χ1) is 13.3. The minimum absolute atomic E-state index is 0.0735. The molecule has 2 fully saturated rings. The summed E-state index contributed by atoms with van der Waals surface area (Å²) in [7, 11) is -4.03. The first-order valence-corrected chi connectivity index (χ1v) is 10.4. The standard InChI is InChI=1S/C17H23FN2O7S/c18-12-2-1-3-14(10-12)27-13-4-7-20(8-5-13)28(24,25)15-6-9-26-11-17(15,22)16(21)19-23/h1-3,10,13,15,22-23H,4-9,11H2,(H,19,21). The van der Waals surface area contributed by atoms with E-state index in [0.717, 1.165) is 0 Å². The van der Waals surface area contributed by atoms with Crippen LogP contribution < -0.4 is 10.2 Å². The van der Waals surface area contributed by atoms with E-state index >= 15 is 0 Å². The highest BCUT2D eigenvalue weighted by Gasteiger charge is 2.54. The van der Waals surface area contributed by atoms with E-state index < -0.39 is 39.2 Å². The number of nitrogens with zero attached hydrogens (tertiary/aromatic N) is 1. The number of aliphatic hydroxyl groups is 1. The van der Waals surface area contributed by atoms with Crippen molar-refractivity contribution in [3.63, 3.8) is 0 Å². The van der Waals surface area contributed by atoms with Crippen molar-refractivity contribution >= 4 is 15.9 Å². The maximum atomic E-state index is 13.3. The lowest BCUT2D eigenvalue weighted by molar-refractivity contribution is -0.161. The first kappa shape index (κ1) is 20.9. The Morgan fingerprint density at radius 2 is 2.04 bits per heavy atom. The quantitative estimate of drug-likeness (QED) is 0.455. The number of carbonyl (C=O) groups is 1. The summed E-state index contributed by atoms with van der Waals surface area (Å²) in [6, 6.07) is 5.72. The third kappa shape index (κ3) is 4.13. The summed E-state index contributed by atoms with van der Waals surface area (Å²) in [6.45, 7) is -0.181. The lowest BCUT2D eigenvalue weighted by atomic mass is 9.95. The van der Waals surface area contributed by atoms with Gasteiger partial charge in [-0.15, -0.1) is 0 Å². The molecule has 2 aliphatic heterocycles. The molecule has 0 saturated carbocycles. The van der Waals surface area contributed by atoms with Gasteiger partial charge in [-0.05, 0) is 31.4 Å². The number of rotatable bonds is 5. The largest absolute Gasteiger partial charge is 0.490 e. The maximum absolute atomic E-state index is 13.3. The smallest absolute Gasteiger partial charge is 0.279 e. The number of sulfonamides is 1. The molecule has 156 valence electrons. The van der Waals surface area contributed by atoms with Crippen LogP contribution in [-0.4, -0.2) is 72.2 Å². The number of hydrogen-bond acceptors (Lipinski definition) is 7. The van der Waals surface area contributed by atoms with Crippen molar-refractivity contribution in [1.29, 1.82) is 0 Å². The van der Waals surface area contributed by atoms with Crippen LogP contribution in [-0.2, 0) is 19.6 Å². The maximum Gasteiger partial charge on any atom is 0.279 e. The van der Waals surface area contributed by atoms with Gasteiger partial charge in [-0.3, -0.25) is 10.0 Å². The molecule has 3 rings (SSSR count). The molecule has 1 aromatic carbocycles. The summed E-state index contributed by atoms with van der Waals surface area (Å²) < 4.78 is 51.3. The molecule has 2 aliphatic rings. The topological polar surface area (TPSA) is 125 Å². The molecule has 9 nitrogen and oxygen atoms in total. The number of ether oxygens (including phenoxy) is 2. The second-order valence-corrected chi connectivity index (χ2v) is 9.03. The molecule has 1 amide bonds. The SMILES string of the molecule is O=C(NO)C1(O)COCCC1S(=O)(=O)N1CCC(Oc2cccc(F)c2)CC1. The molecule has 0 aliphatic carbocycles. The monoisotopic (exact) mass is 418 g/mol. The lowest BCUT2D eigenvalue weighted by Crippen LogP contribution is -2.64. The van der Waals surface area contributed by atoms with E-state index in [1.54, 1.807) is 6.07 Å². The molecule has 28 heavy (non-hydrogen) atoms. The van der Waals surface area contributed by atoms with Gasteiger partial charge in [0.15, 0.2) is 5.60 Å². The molecular weight excluding hydrogens is 395 g/mol. The number of hydroxylamine groups is 1. The van der Waals surface area contributed by atoms with Gasteiger partial charge in [0, 0.05) is 25.8 Å². The van der Waals surface area contributed by atoms with Gasteiger partial charge >= 0.3 is 0 Å². The van der Waals surface area contributed by atoms with E-state index in [-0.39, 0.29) is 32.2 Å². The fraction of sp³-hybridized carbons (Fsp3) is 0.588. The van der Waals surface area contributed by atoms with Crippen LogP contribution in [0.3, 0.4) is 0 Å². The van der Waals surface area contributed by atoms with Crippen LogP contribution >= 0.6 is 0 Å². The summed E-state index contributed by atoms with van der Waals surface area (Å²) in [5.74, 6) is -1.26. The summed E-state index contributed by atoms with van der Waals surface area (Å²) in [6.07, 6.45) is 0.404. The molecule has 0 aromatic heterocycles. The van der Waals surface area contributed by atoms with E-state index in [1.165, 1.54) is 28.0 Å². The predicted octanol–water partition coefficient (Wildman–Crippen LogP) is 0.0241. The van der Waals surface area contributed by atoms with Crippen molar-refractivity contribution < 1.29 is 37.4 Å². The third-order valence-corrected chi connectivity index (χ3v) is 7.52. The molecule has 3 N–H and O–H groups in total. The Labute approximate surface area is 162 Å². The Morgan fingerprint density at radius 1 is 1.32 bits per heavy atom. The van der Waals surface area contributed by atoms with Crippen LogP contribution in [0.15, 0.2) is 24.3 Å². The molecule has 0 spiro atoms. The second kappa shape index (κ2) is 8.29. The average molecular weight is 418 g/mol. The van der Waals surface area contributed by atoms with Crippen LogP contribution in [0.4, 0.5) is 4.39 Å². The predicted molar refractivity (Wildman–Crippen MR) is 94.6 cm³/mol. The first-order valence-electron chi connectivity index (χ1n) is 8.93. The molecule has 2 atom stereocenters. The fourth-order valence-corrected chi connectivity index (χ4v) is 5.71. The number of halogens is 1. The number of carbonyl (C=O) groups excluding carboxylic acids is 1. The highest BCUT2D eigenvalue weighted by molar-refractivity contribution is 7.89. The van der Waals surface area contributed by atoms with Gasteiger partial charge < -0.3 is 14.6 Å². The van der Waals surface area contributed by atoms with Crippen molar-refractivity contribution in [2.24, 2.45) is 0 Å². The molecule has 0 radical (unpaired) electrons. The number of amides is 1. The molecule has 2 heterocycles. The van der Waals surface area contributed by atoms with Crippen LogP contribution in [0.1, 0.15) is 19.3 Å². The van der Waals surface area contributed by atoms with Crippen LogP contribution in [0.5, 0.6) is 5.75 Å². The zero-order valence-electron chi connectivity index (χ0n) is 15.1. The Bertz CT molecular complexity index is 813. The third-order valence-electron chi connectivity index (χ3n) is 5.09. The Kier molecular flexibility index (Phi) is 6.20. The second-order valence-electron chi connectivity index (χ2n) is 6.91. The van der Waals surface area contributed by atoms with Crippen LogP contribution in [0, 0.1) is 5.82 Å². The molecule has 11 heteroatoms. The van der Waals surface area contributed by atoms with Crippen molar-refractivity contribution in [2.75, 3.05) is 26.3 Å². The molecular formula is C17H23FN2O7S. The minimum Gasteiger partial charge on any atom is -0.490 e. The van der Waals surface area contributed by atoms with Gasteiger partial charge in [0.05, 0.1) is 6.61 Å². The highest BCUT2D eigenvalue weighted by Crippen LogP contribution is 2.31. The minimum atomic E-state index is -4.03. The van der Waals surface area contributed by atoms with Crippen molar-refractivity contribution in [2.45, 2.75) is 36.2 Å². The molecule has 2 saturated heterocycles. The van der Waals surface area contributed by atoms with E-state index in [2.05, 4.69) is 0 Å². The summed E-state index contributed by atoms with van der Waals surface area (Å²) in [5, 5.41) is 18.0. The normalized spacial score (nSPS) is 27.3. The van der Waals surface area contributed by atoms with Crippen molar-refractivity contribution in [3.05, 3.63) is 30.1 Å². The summed E-state index contributed by atoms with van der Waals surface area (Å²) in [4.78, 5) is 11.9. The number of nitrogens with one attached hydrogen (secondary N) is 1. The average Bonchev–Trinajstić information content (AvgIpc) is 2.68. The fourth-order valence-electron chi connectivity index (χ4n) is 3.57. The highest BCUT2D eigenvalue weighted by atomic mass is 32.2. The van der Waals surface area contributed by atoms with Gasteiger partial charge in [-0.1, -0.05) is 6.07 Å². The number of benzene rings is 1. The van der Waals surface area contributed by atoms with E-state index in [1.807, 2.05) is 0 Å². The van der Waals surface area contributed by atoms with Crippen LogP contribution in [0.2, 0.25) is 0 Å². The van der Waals surface area contributed by atoms with Crippen molar-refractivity contribution in [1.82, 2.24) is 9.79 Å². The Balaban J connectivity index is 1.67. The lowest BCUT2D eigenvalue weighted by Gasteiger charge is -2.41. The van der Waals surface area contributed by atoms with Gasteiger partial charge in [-0.25, -0.2) is 22.6 Å². The Morgan fingerprint density at radius 3 is 2.68 bits per heavy atom. The van der Waals surface area contributed by atoms with Gasteiger partial charge in [-0.2, -0.15) is 0 Å². The van der Waals surface area contributed by atoms with Crippen LogP contribution in [0.25, 0.3) is 0 Å². The number of piperidine rings is 1. The Hall–Kier alpha value is -1.79. The zero-order chi connectivity index (χ0) is 20.4. The molecule has 2 unspecified atom stereocenters. The molecule has 1 aromatic rings. The van der Waals surface area contributed by atoms with E-state index in [0.29, 0.717) is 18.6 Å². The zero-order valence-corrected chi connectivity index (χ0v) is 15.9. The van der Waals surface area contributed by atoms with Gasteiger partial charge in [0.2, 0.25) is 10.0 Å².